The van der Waals surface area contributed by atoms with Gasteiger partial charge in [-0.25, -0.2) is 4.98 Å². The van der Waals surface area contributed by atoms with Gasteiger partial charge in [0, 0.05) is 26.9 Å². The van der Waals surface area contributed by atoms with Crippen molar-refractivity contribution in [3.8, 4) is 0 Å². The lowest BCUT2D eigenvalue weighted by Crippen LogP contribution is -2.15. The molecule has 0 saturated carbocycles. The van der Waals surface area contributed by atoms with Crippen LogP contribution in [0.25, 0.3) is 0 Å². The van der Waals surface area contributed by atoms with Crippen LogP contribution in [-0.2, 0) is 17.0 Å². The number of hydrogen-bond acceptors (Lipinski definition) is 4. The summed E-state index contributed by atoms with van der Waals surface area (Å²) < 4.78 is 0.912. The molecule has 0 atom stereocenters. The number of thioether (sulfide) groups is 1. The van der Waals surface area contributed by atoms with Crippen molar-refractivity contribution in [3.05, 3.63) is 74.2 Å². The van der Waals surface area contributed by atoms with Gasteiger partial charge in [-0.05, 0) is 43.2 Å². The highest BCUT2D eigenvalue weighted by molar-refractivity contribution is 8.00. The van der Waals surface area contributed by atoms with Crippen LogP contribution in [0.1, 0.15) is 22.4 Å². The molecule has 1 aromatic heterocycles. The van der Waals surface area contributed by atoms with Gasteiger partial charge in [0.2, 0.25) is 5.91 Å². The predicted molar refractivity (Wildman–Crippen MR) is 116 cm³/mol. The van der Waals surface area contributed by atoms with Crippen LogP contribution in [0, 0.1) is 13.8 Å². The highest BCUT2D eigenvalue weighted by atomic mass is 35.5. The van der Waals surface area contributed by atoms with Crippen molar-refractivity contribution < 1.29 is 4.79 Å². The van der Waals surface area contributed by atoms with Gasteiger partial charge < -0.3 is 5.32 Å². The molecule has 0 unspecified atom stereocenters. The van der Waals surface area contributed by atoms with E-state index in [9.17, 15) is 4.79 Å². The van der Waals surface area contributed by atoms with E-state index in [2.05, 4.69) is 16.4 Å². The zero-order valence-corrected chi connectivity index (χ0v) is 18.0. The third kappa shape index (κ3) is 5.72. The van der Waals surface area contributed by atoms with Crippen LogP contribution in [0.5, 0.6) is 0 Å². The predicted octanol–water partition coefficient (Wildman–Crippen LogP) is 6.54. The van der Waals surface area contributed by atoms with Crippen molar-refractivity contribution in [2.45, 2.75) is 30.4 Å². The summed E-state index contributed by atoms with van der Waals surface area (Å²) >= 11 is 15.3. The van der Waals surface area contributed by atoms with Crippen LogP contribution in [0.2, 0.25) is 10.0 Å². The number of nitrogens with zero attached hydrogens (tertiary/aromatic N) is 1. The first-order valence-corrected chi connectivity index (χ1v) is 10.9. The quantitative estimate of drug-likeness (QED) is 0.445. The van der Waals surface area contributed by atoms with Gasteiger partial charge in [-0.15, -0.1) is 11.3 Å². The normalized spacial score (nSPS) is 10.8. The minimum absolute atomic E-state index is 0.0652. The molecule has 0 radical (unpaired) electrons. The van der Waals surface area contributed by atoms with E-state index in [1.165, 1.54) is 16.9 Å². The number of benzene rings is 2. The van der Waals surface area contributed by atoms with Gasteiger partial charge in [-0.2, -0.15) is 0 Å². The van der Waals surface area contributed by atoms with Gasteiger partial charge in [0.05, 0.1) is 12.1 Å². The molecule has 0 spiro atoms. The molecule has 0 saturated heterocycles. The van der Waals surface area contributed by atoms with E-state index in [-0.39, 0.29) is 12.3 Å². The Labute approximate surface area is 177 Å². The summed E-state index contributed by atoms with van der Waals surface area (Å²) in [5.41, 5.74) is 4.85. The van der Waals surface area contributed by atoms with E-state index < -0.39 is 0 Å². The van der Waals surface area contributed by atoms with Crippen molar-refractivity contribution in [3.63, 3.8) is 0 Å². The summed E-state index contributed by atoms with van der Waals surface area (Å²) in [6, 6.07) is 11.5. The number of nitrogens with one attached hydrogen (secondary N) is 1. The van der Waals surface area contributed by atoms with Gasteiger partial charge in [-0.1, -0.05) is 58.7 Å². The Morgan fingerprint density at radius 1 is 1.19 bits per heavy atom. The number of rotatable bonds is 6. The molecular formula is C20H18Cl2N2OS2. The van der Waals surface area contributed by atoms with Gasteiger partial charge in [0.15, 0.2) is 0 Å². The summed E-state index contributed by atoms with van der Waals surface area (Å²) in [5.74, 6) is 0.641. The standard InChI is InChI=1S/C20H18Cl2N2OS2/c1-12-3-6-18(13(2)7-12)24-19(25)9-16-11-27-20(23-16)26-10-14-4-5-15(21)8-17(14)22/h3-8,11H,9-10H2,1-2H3,(H,24,25). The first kappa shape index (κ1) is 20.2. The summed E-state index contributed by atoms with van der Waals surface area (Å²) in [5, 5.41) is 6.16. The maximum atomic E-state index is 12.3. The topological polar surface area (TPSA) is 42.0 Å². The maximum Gasteiger partial charge on any atom is 0.230 e. The molecule has 0 fully saturated rings. The molecule has 140 valence electrons. The number of carbonyl (C=O) groups is 1. The number of thiazole rings is 1. The first-order chi connectivity index (χ1) is 12.9. The minimum atomic E-state index is -0.0652. The molecule has 0 bridgehead atoms. The Morgan fingerprint density at radius 2 is 2.00 bits per heavy atom. The Bertz CT molecular complexity index is 972. The molecule has 27 heavy (non-hydrogen) atoms. The Hall–Kier alpha value is -1.53. The van der Waals surface area contributed by atoms with E-state index in [0.29, 0.717) is 15.8 Å². The third-order valence-corrected chi connectivity index (χ3v) is 6.60. The monoisotopic (exact) mass is 436 g/mol. The minimum Gasteiger partial charge on any atom is -0.326 e. The molecular weight excluding hydrogens is 419 g/mol. The average Bonchev–Trinajstić information content (AvgIpc) is 3.04. The zero-order valence-electron chi connectivity index (χ0n) is 14.9. The lowest BCUT2D eigenvalue weighted by Gasteiger charge is -2.08. The summed E-state index contributed by atoms with van der Waals surface area (Å²) in [4.78, 5) is 16.8. The zero-order chi connectivity index (χ0) is 19.4. The maximum absolute atomic E-state index is 12.3. The number of hydrogen-bond donors (Lipinski definition) is 1. The smallest absolute Gasteiger partial charge is 0.230 e. The number of aromatic nitrogens is 1. The summed E-state index contributed by atoms with van der Waals surface area (Å²) in [7, 11) is 0. The van der Waals surface area contributed by atoms with Gasteiger partial charge in [-0.3, -0.25) is 4.79 Å². The molecule has 3 aromatic rings. The lowest BCUT2D eigenvalue weighted by atomic mass is 10.1. The SMILES string of the molecule is Cc1ccc(NC(=O)Cc2csc(SCc3ccc(Cl)cc3Cl)n2)c(C)c1. The van der Waals surface area contributed by atoms with Crippen molar-refractivity contribution >= 4 is 57.9 Å². The highest BCUT2D eigenvalue weighted by Crippen LogP contribution is 2.30. The molecule has 0 aliphatic carbocycles. The molecule has 1 N–H and O–H groups in total. The van der Waals surface area contributed by atoms with Crippen molar-refractivity contribution in [2.75, 3.05) is 5.32 Å². The molecule has 3 rings (SSSR count). The van der Waals surface area contributed by atoms with Crippen molar-refractivity contribution in [2.24, 2.45) is 0 Å². The molecule has 0 aliphatic rings. The lowest BCUT2D eigenvalue weighted by molar-refractivity contribution is -0.115. The number of amides is 1. The van der Waals surface area contributed by atoms with E-state index in [4.69, 9.17) is 23.2 Å². The summed E-state index contributed by atoms with van der Waals surface area (Å²) in [6.45, 7) is 4.02. The molecule has 1 heterocycles. The van der Waals surface area contributed by atoms with Crippen LogP contribution in [-0.4, -0.2) is 10.9 Å². The highest BCUT2D eigenvalue weighted by Gasteiger charge is 2.11. The molecule has 7 heteroatoms. The number of anilines is 1. The fraction of sp³-hybridized carbons (Fsp3) is 0.200. The Kier molecular flexibility index (Phi) is 6.82. The van der Waals surface area contributed by atoms with Crippen molar-refractivity contribution in [1.29, 1.82) is 0 Å². The first-order valence-electron chi connectivity index (χ1n) is 8.29. The van der Waals surface area contributed by atoms with E-state index in [1.807, 2.05) is 43.5 Å². The van der Waals surface area contributed by atoms with E-state index >= 15 is 0 Å². The number of carbonyl (C=O) groups excluding carboxylic acids is 1. The largest absolute Gasteiger partial charge is 0.326 e. The van der Waals surface area contributed by atoms with Crippen LogP contribution >= 0.6 is 46.3 Å². The Balaban J connectivity index is 1.56. The third-order valence-electron chi connectivity index (χ3n) is 3.89. The molecule has 2 aromatic carbocycles. The van der Waals surface area contributed by atoms with Crippen LogP contribution < -0.4 is 5.32 Å². The second-order valence-electron chi connectivity index (χ2n) is 6.17. The average molecular weight is 437 g/mol. The van der Waals surface area contributed by atoms with E-state index in [1.54, 1.807) is 17.8 Å². The molecule has 1 amide bonds. The van der Waals surface area contributed by atoms with Crippen LogP contribution in [0.15, 0.2) is 46.1 Å². The van der Waals surface area contributed by atoms with E-state index in [0.717, 1.165) is 26.8 Å². The van der Waals surface area contributed by atoms with Gasteiger partial charge >= 0.3 is 0 Å². The number of halogens is 2. The van der Waals surface area contributed by atoms with Crippen molar-refractivity contribution in [1.82, 2.24) is 4.98 Å². The Morgan fingerprint density at radius 3 is 2.74 bits per heavy atom. The van der Waals surface area contributed by atoms with Crippen LogP contribution in [0.4, 0.5) is 5.69 Å². The molecule has 3 nitrogen and oxygen atoms in total. The van der Waals surface area contributed by atoms with Crippen LogP contribution in [0.3, 0.4) is 0 Å². The van der Waals surface area contributed by atoms with Gasteiger partial charge in [0.1, 0.15) is 4.34 Å². The van der Waals surface area contributed by atoms with Gasteiger partial charge in [0.25, 0.3) is 0 Å². The molecule has 0 aliphatic heterocycles. The fourth-order valence-electron chi connectivity index (χ4n) is 2.53. The fourth-order valence-corrected chi connectivity index (χ4v) is 4.93. The number of aryl methyl sites for hydroxylation is 2. The summed E-state index contributed by atoms with van der Waals surface area (Å²) in [6.07, 6.45) is 0.256. The second-order valence-corrected chi connectivity index (χ2v) is 9.10. The second kappa shape index (κ2) is 9.11.